The van der Waals surface area contributed by atoms with Crippen LogP contribution in [0.15, 0.2) is 53.3 Å². The Hall–Kier alpha value is -4.44. The molecule has 2 fully saturated rings. The number of carbonyl (C=O) groups excluding carboxylic acids is 1. The van der Waals surface area contributed by atoms with Gasteiger partial charge in [0.1, 0.15) is 11.8 Å². The summed E-state index contributed by atoms with van der Waals surface area (Å²) >= 11 is 6.13. The number of imidazole rings is 1. The Bertz CT molecular complexity index is 1870. The van der Waals surface area contributed by atoms with Crippen LogP contribution in [0.4, 0.5) is 5.82 Å². The maximum Gasteiger partial charge on any atom is 0.328 e. The zero-order valence-corrected chi connectivity index (χ0v) is 29.6. The first kappa shape index (κ1) is 35.4. The summed E-state index contributed by atoms with van der Waals surface area (Å²) in [7, 11) is 3.62. The zero-order chi connectivity index (χ0) is 35.0. The molecule has 3 heterocycles. The molecule has 264 valence electrons. The Morgan fingerprint density at radius 1 is 0.940 bits per heavy atom. The van der Waals surface area contributed by atoms with E-state index >= 15 is 0 Å². The van der Waals surface area contributed by atoms with Gasteiger partial charge in [0.2, 0.25) is 0 Å². The molecule has 12 nitrogen and oxygen atoms in total. The first-order valence-electron chi connectivity index (χ1n) is 17.6. The van der Waals surface area contributed by atoms with Crippen molar-refractivity contribution in [3.05, 3.63) is 80.9 Å². The molecule has 1 aliphatic heterocycles. The van der Waals surface area contributed by atoms with Gasteiger partial charge in [0.05, 0.1) is 27.7 Å². The van der Waals surface area contributed by atoms with Crippen LogP contribution in [0, 0.1) is 17.2 Å². The lowest BCUT2D eigenvalue weighted by molar-refractivity contribution is 0.0888. The van der Waals surface area contributed by atoms with Crippen LogP contribution >= 0.6 is 11.6 Å². The fourth-order valence-electron chi connectivity index (χ4n) is 6.96. The highest BCUT2D eigenvalue weighted by molar-refractivity contribution is 6.31. The molecule has 0 unspecified atom stereocenters. The van der Waals surface area contributed by atoms with Gasteiger partial charge in [0.25, 0.3) is 5.91 Å². The number of halogens is 1. The second kappa shape index (κ2) is 16.5. The summed E-state index contributed by atoms with van der Waals surface area (Å²) in [6.45, 7) is 5.53. The Morgan fingerprint density at radius 3 is 2.42 bits per heavy atom. The van der Waals surface area contributed by atoms with Gasteiger partial charge in [-0.2, -0.15) is 5.26 Å². The molecule has 2 aromatic heterocycles. The first-order valence-corrected chi connectivity index (χ1v) is 18.0. The summed E-state index contributed by atoms with van der Waals surface area (Å²) in [4.78, 5) is 27.3. The van der Waals surface area contributed by atoms with Crippen molar-refractivity contribution in [1.82, 2.24) is 35.3 Å². The molecule has 1 amide bonds. The van der Waals surface area contributed by atoms with E-state index in [4.69, 9.17) is 21.6 Å². The highest BCUT2D eigenvalue weighted by Gasteiger charge is 2.25. The molecule has 1 saturated heterocycles. The number of rotatable bonds is 13. The van der Waals surface area contributed by atoms with Crippen molar-refractivity contribution in [2.45, 2.75) is 63.6 Å². The van der Waals surface area contributed by atoms with E-state index in [1.807, 2.05) is 19.2 Å². The van der Waals surface area contributed by atoms with Gasteiger partial charge in [-0.1, -0.05) is 17.7 Å². The largest absolute Gasteiger partial charge is 0.490 e. The SMILES string of the molecule is Cn1c(=O)n(C)c2cc(CNCCCNCC3CCN(c4ccc(C(=O)NC5CCC(Oc6ccc(C#N)c(Cl)c6)CC5)nn4)CC3)ccc21. The third-order valence-electron chi connectivity index (χ3n) is 10.0. The maximum atomic E-state index is 12.9. The molecule has 13 heteroatoms. The summed E-state index contributed by atoms with van der Waals surface area (Å²) in [6.07, 6.45) is 6.51. The highest BCUT2D eigenvalue weighted by atomic mass is 35.5. The molecule has 0 bridgehead atoms. The minimum Gasteiger partial charge on any atom is -0.490 e. The van der Waals surface area contributed by atoms with E-state index in [0.29, 0.717) is 27.9 Å². The van der Waals surface area contributed by atoms with Gasteiger partial charge in [-0.15, -0.1) is 10.2 Å². The van der Waals surface area contributed by atoms with E-state index in [9.17, 15) is 9.59 Å². The number of aryl methyl sites for hydroxylation is 2. The second-order valence-electron chi connectivity index (χ2n) is 13.5. The van der Waals surface area contributed by atoms with E-state index in [-0.39, 0.29) is 23.7 Å². The van der Waals surface area contributed by atoms with Crippen molar-refractivity contribution in [2.24, 2.45) is 20.0 Å². The van der Waals surface area contributed by atoms with Crippen molar-refractivity contribution in [3.8, 4) is 11.8 Å². The fourth-order valence-corrected chi connectivity index (χ4v) is 7.17. The lowest BCUT2D eigenvalue weighted by Crippen LogP contribution is -2.40. The van der Waals surface area contributed by atoms with Crippen LogP contribution in [0.5, 0.6) is 5.75 Å². The monoisotopic (exact) mass is 699 g/mol. The van der Waals surface area contributed by atoms with E-state index in [1.54, 1.807) is 40.4 Å². The first-order chi connectivity index (χ1) is 24.3. The Balaban J connectivity index is 0.836. The van der Waals surface area contributed by atoms with Gasteiger partial charge in [-0.05, 0) is 112 Å². The van der Waals surface area contributed by atoms with Gasteiger partial charge < -0.3 is 25.6 Å². The van der Waals surface area contributed by atoms with Gasteiger partial charge in [0.15, 0.2) is 11.5 Å². The van der Waals surface area contributed by atoms with Crippen molar-refractivity contribution >= 4 is 34.4 Å². The number of ether oxygens (including phenoxy) is 1. The molecule has 2 aliphatic rings. The number of nitriles is 1. The molecule has 1 saturated carbocycles. The molecule has 1 aliphatic carbocycles. The minimum atomic E-state index is -0.200. The lowest BCUT2D eigenvalue weighted by atomic mass is 9.93. The number of benzene rings is 2. The van der Waals surface area contributed by atoms with E-state index in [1.165, 1.54) is 5.56 Å². The van der Waals surface area contributed by atoms with Crippen molar-refractivity contribution in [2.75, 3.05) is 37.6 Å². The topological polar surface area (TPSA) is 142 Å². The van der Waals surface area contributed by atoms with Crippen LogP contribution in [0.25, 0.3) is 11.0 Å². The molecule has 6 rings (SSSR count). The number of amides is 1. The number of nitrogens with one attached hydrogen (secondary N) is 3. The number of anilines is 1. The number of nitrogens with zero attached hydrogens (tertiary/aromatic N) is 6. The predicted octanol–water partition coefficient (Wildman–Crippen LogP) is 4.30. The number of fused-ring (bicyclic) bond motifs is 1. The summed E-state index contributed by atoms with van der Waals surface area (Å²) in [5, 5.41) is 28.4. The summed E-state index contributed by atoms with van der Waals surface area (Å²) in [6, 6.07) is 17.1. The second-order valence-corrected chi connectivity index (χ2v) is 13.9. The molecule has 2 aromatic carbocycles. The third kappa shape index (κ3) is 8.64. The molecule has 0 spiro atoms. The van der Waals surface area contributed by atoms with Crippen LogP contribution in [-0.2, 0) is 20.6 Å². The molecule has 0 atom stereocenters. The number of hydrogen-bond donors (Lipinski definition) is 3. The number of piperidine rings is 1. The lowest BCUT2D eigenvalue weighted by Gasteiger charge is -2.32. The van der Waals surface area contributed by atoms with Crippen LogP contribution in [-0.4, -0.2) is 70.1 Å². The van der Waals surface area contributed by atoms with Crippen molar-refractivity contribution in [3.63, 3.8) is 0 Å². The van der Waals surface area contributed by atoms with Crippen LogP contribution in [0.2, 0.25) is 5.02 Å². The number of hydrogen-bond acceptors (Lipinski definition) is 9. The fraction of sp³-hybridized carbons (Fsp3) is 0.486. The molecule has 3 N–H and O–H groups in total. The van der Waals surface area contributed by atoms with Gasteiger partial charge in [0, 0.05) is 45.8 Å². The molecular weight excluding hydrogens is 654 g/mol. The summed E-state index contributed by atoms with van der Waals surface area (Å²) in [5.74, 6) is 1.90. The highest BCUT2D eigenvalue weighted by Crippen LogP contribution is 2.28. The van der Waals surface area contributed by atoms with E-state index in [2.05, 4.69) is 49.2 Å². The molecule has 50 heavy (non-hydrogen) atoms. The standard InChI is InChI=1S/C37H46ClN9O3/c1-45-33-12-4-26(20-34(33)46(2)37(45)49)24-41-17-3-16-40-23-25-14-18-47(19-15-25)35-13-11-32(43-44-35)36(48)42-28-6-9-29(10-7-28)50-30-8-5-27(22-39)31(38)21-30/h4-5,8,11-13,20-21,25,28-29,40-41H,3,6-7,9-10,14-19,23-24H2,1-2H3,(H,42,48). The minimum absolute atomic E-state index is 0.00161. The van der Waals surface area contributed by atoms with Gasteiger partial charge >= 0.3 is 5.69 Å². The number of aromatic nitrogens is 4. The third-order valence-corrected chi connectivity index (χ3v) is 10.3. The van der Waals surface area contributed by atoms with Crippen LogP contribution < -0.4 is 31.3 Å². The van der Waals surface area contributed by atoms with Crippen molar-refractivity contribution in [1.29, 1.82) is 5.26 Å². The summed E-state index contributed by atoms with van der Waals surface area (Å²) in [5.41, 5.74) is 3.85. The Kier molecular flexibility index (Phi) is 11.7. The maximum absolute atomic E-state index is 12.9. The molecular formula is C37H46ClN9O3. The normalized spacial score (nSPS) is 18.2. The average molecular weight is 700 g/mol. The van der Waals surface area contributed by atoms with Gasteiger partial charge in [-0.3, -0.25) is 13.9 Å². The molecule has 4 aromatic rings. The van der Waals surface area contributed by atoms with Gasteiger partial charge in [-0.25, -0.2) is 4.79 Å². The quantitative estimate of drug-likeness (QED) is 0.174. The van der Waals surface area contributed by atoms with Crippen molar-refractivity contribution < 1.29 is 9.53 Å². The number of carbonyl (C=O) groups is 1. The van der Waals surface area contributed by atoms with Crippen LogP contribution in [0.1, 0.15) is 66.6 Å². The Morgan fingerprint density at radius 2 is 1.70 bits per heavy atom. The zero-order valence-electron chi connectivity index (χ0n) is 28.8. The smallest absolute Gasteiger partial charge is 0.328 e. The van der Waals surface area contributed by atoms with E-state index < -0.39 is 0 Å². The van der Waals surface area contributed by atoms with Crippen LogP contribution in [0.3, 0.4) is 0 Å². The van der Waals surface area contributed by atoms with E-state index in [0.717, 1.165) is 101 Å². The molecule has 0 radical (unpaired) electrons. The Labute approximate surface area is 297 Å². The predicted molar refractivity (Wildman–Crippen MR) is 195 cm³/mol. The summed E-state index contributed by atoms with van der Waals surface area (Å²) < 4.78 is 9.45. The average Bonchev–Trinajstić information content (AvgIpc) is 3.35.